The Morgan fingerprint density at radius 1 is 1.44 bits per heavy atom. The molecule has 1 N–H and O–H groups in total. The molecule has 3 rings (SSSR count). The van der Waals surface area contributed by atoms with Gasteiger partial charge in [0.1, 0.15) is 22.8 Å². The average molecular weight is 367 g/mol. The summed E-state index contributed by atoms with van der Waals surface area (Å²) in [4.78, 5) is 25.7. The summed E-state index contributed by atoms with van der Waals surface area (Å²) in [6.07, 6.45) is 0.363. The number of benzene rings is 1. The van der Waals surface area contributed by atoms with Gasteiger partial charge in [-0.05, 0) is 32.4 Å². The summed E-state index contributed by atoms with van der Waals surface area (Å²) in [7, 11) is 0. The number of aromatic nitrogens is 1. The first kappa shape index (κ1) is 17.4. The lowest BCUT2D eigenvalue weighted by molar-refractivity contribution is -0.142. The lowest BCUT2D eigenvalue weighted by Crippen LogP contribution is -2.38. The van der Waals surface area contributed by atoms with Gasteiger partial charge >= 0.3 is 5.97 Å². The molecule has 0 bridgehead atoms. The fraction of sp³-hybridized carbons (Fsp3) is 0.353. The Morgan fingerprint density at radius 2 is 2.16 bits per heavy atom. The van der Waals surface area contributed by atoms with Crippen molar-refractivity contribution < 1.29 is 23.6 Å². The zero-order chi connectivity index (χ0) is 18.3. The van der Waals surface area contributed by atoms with Crippen LogP contribution in [-0.4, -0.2) is 39.6 Å². The number of rotatable bonds is 3. The number of carbonyl (C=O) groups is 2. The maximum atomic E-state index is 14.2. The average Bonchev–Trinajstić information content (AvgIpc) is 3.10. The number of halogens is 2. The minimum Gasteiger partial charge on any atom is -0.481 e. The molecule has 1 saturated heterocycles. The van der Waals surface area contributed by atoms with E-state index >= 15 is 0 Å². The number of carboxylic acids is 1. The van der Waals surface area contributed by atoms with E-state index in [0.29, 0.717) is 13.0 Å². The van der Waals surface area contributed by atoms with Crippen LogP contribution in [0.15, 0.2) is 22.7 Å². The number of nitrogens with zero attached hydrogens (tertiary/aromatic N) is 2. The summed E-state index contributed by atoms with van der Waals surface area (Å²) in [6, 6.07) is 3.69. The fourth-order valence-corrected chi connectivity index (χ4v) is 3.47. The largest absolute Gasteiger partial charge is 0.481 e. The summed E-state index contributed by atoms with van der Waals surface area (Å²) in [5, 5.41) is 13.2. The maximum Gasteiger partial charge on any atom is 0.308 e. The molecular formula is C17H16ClFN2O4. The number of amides is 1. The molecule has 1 fully saturated rings. The van der Waals surface area contributed by atoms with Gasteiger partial charge in [-0.2, -0.15) is 0 Å². The van der Waals surface area contributed by atoms with Gasteiger partial charge in [0.15, 0.2) is 0 Å². The maximum absolute atomic E-state index is 14.2. The Hall–Kier alpha value is -2.41. The minimum atomic E-state index is -0.942. The molecule has 25 heavy (non-hydrogen) atoms. The Morgan fingerprint density at radius 3 is 2.76 bits per heavy atom. The third-order valence-corrected chi connectivity index (χ3v) is 4.92. The molecule has 132 valence electrons. The molecule has 6 nitrogen and oxygen atoms in total. The van der Waals surface area contributed by atoms with Gasteiger partial charge in [0.2, 0.25) is 0 Å². The van der Waals surface area contributed by atoms with Crippen LogP contribution in [0.25, 0.3) is 11.3 Å². The van der Waals surface area contributed by atoms with E-state index in [1.54, 1.807) is 13.8 Å². The Kier molecular flexibility index (Phi) is 4.51. The van der Waals surface area contributed by atoms with E-state index in [2.05, 4.69) is 5.16 Å². The molecule has 1 aromatic carbocycles. The second-order valence-corrected chi connectivity index (χ2v) is 6.44. The first-order valence-corrected chi connectivity index (χ1v) is 8.15. The standard InChI is InChI=1S/C17H16ClFN2O4/c1-8-10(17(23)24)6-7-21(8)16(22)13-9(2)25-20-15(13)14-11(18)4-3-5-12(14)19/h3-5,8,10H,6-7H2,1-2H3,(H,23,24). The van der Waals surface area contributed by atoms with Gasteiger partial charge in [-0.15, -0.1) is 0 Å². The molecule has 8 heteroatoms. The van der Waals surface area contributed by atoms with Crippen LogP contribution in [0.3, 0.4) is 0 Å². The van der Waals surface area contributed by atoms with Crippen LogP contribution in [0.1, 0.15) is 29.5 Å². The highest BCUT2D eigenvalue weighted by molar-refractivity contribution is 6.33. The van der Waals surface area contributed by atoms with Crippen LogP contribution in [0.4, 0.5) is 4.39 Å². The van der Waals surface area contributed by atoms with Crippen molar-refractivity contribution in [1.82, 2.24) is 10.1 Å². The van der Waals surface area contributed by atoms with Crippen LogP contribution < -0.4 is 0 Å². The highest BCUT2D eigenvalue weighted by atomic mass is 35.5. The molecule has 2 aromatic rings. The van der Waals surface area contributed by atoms with Crippen LogP contribution in [-0.2, 0) is 4.79 Å². The first-order valence-electron chi connectivity index (χ1n) is 7.77. The van der Waals surface area contributed by atoms with E-state index in [9.17, 15) is 19.1 Å². The van der Waals surface area contributed by atoms with Gasteiger partial charge < -0.3 is 14.5 Å². The number of aryl methyl sites for hydroxylation is 1. The molecule has 1 aliphatic heterocycles. The highest BCUT2D eigenvalue weighted by Gasteiger charge is 2.40. The number of aliphatic carboxylic acids is 1. The second-order valence-electron chi connectivity index (χ2n) is 6.03. The van der Waals surface area contributed by atoms with Crippen molar-refractivity contribution in [3.63, 3.8) is 0 Å². The van der Waals surface area contributed by atoms with Crippen LogP contribution in [0.5, 0.6) is 0 Å². The van der Waals surface area contributed by atoms with E-state index in [4.69, 9.17) is 16.1 Å². The van der Waals surface area contributed by atoms with Crippen LogP contribution >= 0.6 is 11.6 Å². The number of hydrogen-bond acceptors (Lipinski definition) is 4. The third kappa shape index (κ3) is 2.89. The number of hydrogen-bond donors (Lipinski definition) is 1. The van der Waals surface area contributed by atoms with E-state index in [0.717, 1.165) is 0 Å². The van der Waals surface area contributed by atoms with Gasteiger partial charge in [0.25, 0.3) is 5.91 Å². The molecule has 2 atom stereocenters. The fourth-order valence-electron chi connectivity index (χ4n) is 3.22. The van der Waals surface area contributed by atoms with E-state index in [-0.39, 0.29) is 27.6 Å². The number of carboxylic acid groups (broad SMARTS) is 1. The third-order valence-electron chi connectivity index (χ3n) is 4.61. The summed E-state index contributed by atoms with van der Waals surface area (Å²) in [5.74, 6) is -2.41. The van der Waals surface area contributed by atoms with Crippen LogP contribution in [0.2, 0.25) is 5.02 Å². The molecule has 0 spiro atoms. The van der Waals surface area contributed by atoms with Crippen LogP contribution in [0, 0.1) is 18.7 Å². The normalized spacial score (nSPS) is 20.1. The summed E-state index contributed by atoms with van der Waals surface area (Å²) in [6.45, 7) is 3.53. The van der Waals surface area contributed by atoms with Crippen molar-refractivity contribution in [1.29, 1.82) is 0 Å². The summed E-state index contributed by atoms with van der Waals surface area (Å²) in [5.41, 5.74) is 0.118. The van der Waals surface area contributed by atoms with Gasteiger partial charge in [-0.25, -0.2) is 4.39 Å². The predicted octanol–water partition coefficient (Wildman–Crippen LogP) is 3.38. The molecule has 2 heterocycles. The lowest BCUT2D eigenvalue weighted by atomic mass is 10.0. The SMILES string of the molecule is Cc1onc(-c2c(F)cccc2Cl)c1C(=O)N1CCC(C(=O)O)C1C. The molecule has 2 unspecified atom stereocenters. The topological polar surface area (TPSA) is 83.6 Å². The highest BCUT2D eigenvalue weighted by Crippen LogP contribution is 2.35. The Labute approximate surface area is 148 Å². The second kappa shape index (κ2) is 6.48. The van der Waals surface area contributed by atoms with Gasteiger partial charge in [0.05, 0.1) is 16.5 Å². The van der Waals surface area contributed by atoms with Crippen molar-refractivity contribution in [2.75, 3.05) is 6.54 Å². The summed E-state index contributed by atoms with van der Waals surface area (Å²) >= 11 is 6.08. The van der Waals surface area contributed by atoms with E-state index < -0.39 is 29.7 Å². The molecule has 1 aliphatic rings. The number of likely N-dealkylation sites (tertiary alicyclic amines) is 1. The van der Waals surface area contributed by atoms with E-state index in [1.807, 2.05) is 0 Å². The molecule has 1 amide bonds. The zero-order valence-corrected chi connectivity index (χ0v) is 14.4. The molecular weight excluding hydrogens is 351 g/mol. The minimum absolute atomic E-state index is 0.00833. The van der Waals surface area contributed by atoms with Crippen molar-refractivity contribution in [3.8, 4) is 11.3 Å². The van der Waals surface area contributed by atoms with Gasteiger partial charge in [0, 0.05) is 12.6 Å². The molecule has 0 aliphatic carbocycles. The monoisotopic (exact) mass is 366 g/mol. The zero-order valence-electron chi connectivity index (χ0n) is 13.6. The van der Waals surface area contributed by atoms with Crippen molar-refractivity contribution in [2.24, 2.45) is 5.92 Å². The van der Waals surface area contributed by atoms with Crippen molar-refractivity contribution in [3.05, 3.63) is 40.4 Å². The molecule has 0 saturated carbocycles. The lowest BCUT2D eigenvalue weighted by Gasteiger charge is -2.23. The predicted molar refractivity (Wildman–Crippen MR) is 87.9 cm³/mol. The van der Waals surface area contributed by atoms with Crippen molar-refractivity contribution >= 4 is 23.5 Å². The molecule has 0 radical (unpaired) electrons. The van der Waals surface area contributed by atoms with Crippen molar-refractivity contribution in [2.45, 2.75) is 26.3 Å². The van der Waals surface area contributed by atoms with Gasteiger partial charge in [-0.3, -0.25) is 9.59 Å². The smallest absolute Gasteiger partial charge is 0.308 e. The Bertz CT molecular complexity index is 831. The summed E-state index contributed by atoms with van der Waals surface area (Å²) < 4.78 is 19.4. The Balaban J connectivity index is 2.03. The number of carbonyl (C=O) groups excluding carboxylic acids is 1. The van der Waals surface area contributed by atoms with E-state index in [1.165, 1.54) is 23.1 Å². The first-order chi connectivity index (χ1) is 11.8. The quantitative estimate of drug-likeness (QED) is 0.900. The van der Waals surface area contributed by atoms with Gasteiger partial charge in [-0.1, -0.05) is 22.8 Å². The molecule has 1 aromatic heterocycles.